The molecule has 0 aliphatic carbocycles. The summed E-state index contributed by atoms with van der Waals surface area (Å²) in [5.74, 6) is 2.38. The van der Waals surface area contributed by atoms with Gasteiger partial charge in [-0.2, -0.15) is 0 Å². The van der Waals surface area contributed by atoms with Crippen molar-refractivity contribution in [3.8, 4) is 5.75 Å². The zero-order valence-electron chi connectivity index (χ0n) is 14.5. The number of nitrogens with one attached hydrogen (secondary N) is 1. The van der Waals surface area contributed by atoms with Gasteiger partial charge in [-0.3, -0.25) is 4.79 Å². The van der Waals surface area contributed by atoms with Crippen molar-refractivity contribution in [3.05, 3.63) is 23.8 Å². The van der Waals surface area contributed by atoms with E-state index in [1.165, 1.54) is 5.56 Å². The number of amides is 1. The molecule has 4 heteroatoms. The zero-order valence-corrected chi connectivity index (χ0v) is 14.5. The van der Waals surface area contributed by atoms with E-state index in [4.69, 9.17) is 4.74 Å². The highest BCUT2D eigenvalue weighted by Crippen LogP contribution is 2.33. The van der Waals surface area contributed by atoms with E-state index in [0.29, 0.717) is 24.2 Å². The second-order valence-corrected chi connectivity index (χ2v) is 7.37. The van der Waals surface area contributed by atoms with Crippen molar-refractivity contribution in [3.63, 3.8) is 0 Å². The third kappa shape index (κ3) is 3.86. The molecule has 126 valence electrons. The van der Waals surface area contributed by atoms with Gasteiger partial charge in [-0.25, -0.2) is 0 Å². The molecular formula is C19H28N2O2. The van der Waals surface area contributed by atoms with Crippen molar-refractivity contribution < 1.29 is 9.53 Å². The number of likely N-dealkylation sites (tertiary alicyclic amines) is 1. The minimum atomic E-state index is 0.122. The number of hydrogen-bond acceptors (Lipinski definition) is 3. The number of anilines is 1. The van der Waals surface area contributed by atoms with Gasteiger partial charge >= 0.3 is 0 Å². The van der Waals surface area contributed by atoms with Crippen LogP contribution in [0.3, 0.4) is 0 Å². The van der Waals surface area contributed by atoms with Crippen LogP contribution in [-0.2, 0) is 4.79 Å². The van der Waals surface area contributed by atoms with Gasteiger partial charge in [0.1, 0.15) is 5.75 Å². The molecule has 1 aromatic carbocycles. The molecule has 1 aromatic rings. The molecular weight excluding hydrogens is 288 g/mol. The van der Waals surface area contributed by atoms with Gasteiger partial charge < -0.3 is 15.0 Å². The molecule has 0 radical (unpaired) electrons. The Bertz CT molecular complexity index is 570. The van der Waals surface area contributed by atoms with Gasteiger partial charge in [-0.05, 0) is 61.9 Å². The predicted molar refractivity (Wildman–Crippen MR) is 93.0 cm³/mol. The zero-order chi connectivity index (χ0) is 16.4. The highest BCUT2D eigenvalue weighted by Gasteiger charge is 2.30. The number of nitrogens with zero attached hydrogens (tertiary/aromatic N) is 1. The summed E-state index contributed by atoms with van der Waals surface area (Å²) in [6.07, 6.45) is 2.75. The van der Waals surface area contributed by atoms with Crippen molar-refractivity contribution >= 4 is 11.6 Å². The van der Waals surface area contributed by atoms with Gasteiger partial charge in [0.25, 0.3) is 0 Å². The quantitative estimate of drug-likeness (QED) is 0.862. The van der Waals surface area contributed by atoms with E-state index in [2.05, 4.69) is 43.2 Å². The van der Waals surface area contributed by atoms with E-state index in [1.54, 1.807) is 0 Å². The van der Waals surface area contributed by atoms with Crippen LogP contribution in [0.2, 0.25) is 0 Å². The van der Waals surface area contributed by atoms with Crippen molar-refractivity contribution in [2.45, 2.75) is 39.0 Å². The van der Waals surface area contributed by atoms with Crippen LogP contribution in [0.4, 0.5) is 5.69 Å². The largest absolute Gasteiger partial charge is 0.491 e. The van der Waals surface area contributed by atoms with Crippen LogP contribution in [0.5, 0.6) is 5.75 Å². The lowest BCUT2D eigenvalue weighted by Crippen LogP contribution is -2.40. The topological polar surface area (TPSA) is 41.6 Å². The van der Waals surface area contributed by atoms with E-state index in [0.717, 1.165) is 44.0 Å². The average Bonchev–Trinajstić information content (AvgIpc) is 2.50. The Morgan fingerprint density at radius 3 is 2.87 bits per heavy atom. The number of fused-ring (bicyclic) bond motifs is 2. The number of rotatable bonds is 1. The molecule has 1 amide bonds. The summed E-state index contributed by atoms with van der Waals surface area (Å²) < 4.78 is 6.00. The third-order valence-electron chi connectivity index (χ3n) is 5.23. The molecule has 0 spiro atoms. The van der Waals surface area contributed by atoms with E-state index in [9.17, 15) is 4.79 Å². The number of piperidine rings is 1. The molecule has 0 bridgehead atoms. The number of carbonyl (C=O) groups is 1. The molecule has 3 rings (SSSR count). The highest BCUT2D eigenvalue weighted by atomic mass is 16.5. The number of ether oxygens (including phenoxy) is 1. The summed E-state index contributed by atoms with van der Waals surface area (Å²) >= 11 is 0. The van der Waals surface area contributed by atoms with Gasteiger partial charge in [0.05, 0.1) is 12.3 Å². The van der Waals surface area contributed by atoms with Crippen LogP contribution in [0.15, 0.2) is 18.2 Å². The van der Waals surface area contributed by atoms with Crippen LogP contribution in [0.25, 0.3) is 0 Å². The fourth-order valence-corrected chi connectivity index (χ4v) is 3.75. The highest BCUT2D eigenvalue weighted by molar-refractivity contribution is 5.92. The second-order valence-electron chi connectivity index (χ2n) is 7.37. The van der Waals surface area contributed by atoms with Crippen molar-refractivity contribution in [2.75, 3.05) is 32.1 Å². The molecule has 0 unspecified atom stereocenters. The lowest BCUT2D eigenvalue weighted by atomic mass is 9.81. The maximum Gasteiger partial charge on any atom is 0.224 e. The molecule has 0 saturated carbocycles. The molecule has 4 nitrogen and oxygen atoms in total. The first-order valence-electron chi connectivity index (χ1n) is 8.78. The number of hydrogen-bond donors (Lipinski definition) is 1. The van der Waals surface area contributed by atoms with Crippen LogP contribution < -0.4 is 10.1 Å². The first-order chi connectivity index (χ1) is 11.0. The average molecular weight is 316 g/mol. The van der Waals surface area contributed by atoms with Crippen LogP contribution in [-0.4, -0.2) is 37.6 Å². The summed E-state index contributed by atoms with van der Waals surface area (Å²) in [6.45, 7) is 7.20. The fraction of sp³-hybridized carbons (Fsp3) is 0.632. The SMILES string of the molecule is CC(C)c1ccc2c(c1)NC(=O)C[C@@H]1CCN(C)C[C@@H]1CCO2. The van der Waals surface area contributed by atoms with Gasteiger partial charge in [-0.15, -0.1) is 0 Å². The molecule has 1 saturated heterocycles. The molecule has 2 aliphatic heterocycles. The Balaban J connectivity index is 1.82. The smallest absolute Gasteiger partial charge is 0.224 e. The molecule has 2 heterocycles. The van der Waals surface area contributed by atoms with Crippen LogP contribution in [0, 0.1) is 11.8 Å². The molecule has 2 aliphatic rings. The third-order valence-corrected chi connectivity index (χ3v) is 5.23. The Hall–Kier alpha value is -1.55. The van der Waals surface area contributed by atoms with Gasteiger partial charge in [0.2, 0.25) is 5.91 Å². The number of benzene rings is 1. The minimum absolute atomic E-state index is 0.122. The molecule has 1 N–H and O–H groups in total. The van der Waals surface area contributed by atoms with Gasteiger partial charge in [-0.1, -0.05) is 19.9 Å². The second kappa shape index (κ2) is 6.91. The predicted octanol–water partition coefficient (Wildman–Crippen LogP) is 3.49. The van der Waals surface area contributed by atoms with Crippen LogP contribution >= 0.6 is 0 Å². The fourth-order valence-electron chi connectivity index (χ4n) is 3.75. The molecule has 2 atom stereocenters. The number of carbonyl (C=O) groups excluding carboxylic acids is 1. The van der Waals surface area contributed by atoms with Crippen molar-refractivity contribution in [1.29, 1.82) is 0 Å². The Morgan fingerprint density at radius 2 is 2.09 bits per heavy atom. The van der Waals surface area contributed by atoms with Gasteiger partial charge in [0, 0.05) is 13.0 Å². The summed E-state index contributed by atoms with van der Waals surface area (Å²) in [4.78, 5) is 14.9. The molecule has 0 aromatic heterocycles. The monoisotopic (exact) mass is 316 g/mol. The summed E-state index contributed by atoms with van der Waals surface area (Å²) in [5, 5.41) is 3.09. The summed E-state index contributed by atoms with van der Waals surface area (Å²) in [6, 6.07) is 6.15. The summed E-state index contributed by atoms with van der Waals surface area (Å²) in [7, 11) is 2.17. The minimum Gasteiger partial charge on any atom is -0.491 e. The van der Waals surface area contributed by atoms with Gasteiger partial charge in [0.15, 0.2) is 0 Å². The van der Waals surface area contributed by atoms with Crippen molar-refractivity contribution in [2.24, 2.45) is 11.8 Å². The normalized spacial score (nSPS) is 26.0. The Morgan fingerprint density at radius 1 is 1.26 bits per heavy atom. The lowest BCUT2D eigenvalue weighted by molar-refractivity contribution is -0.118. The lowest BCUT2D eigenvalue weighted by Gasteiger charge is -2.37. The van der Waals surface area contributed by atoms with Crippen molar-refractivity contribution in [1.82, 2.24) is 4.90 Å². The van der Waals surface area contributed by atoms with E-state index in [1.807, 2.05) is 6.07 Å². The first kappa shape index (κ1) is 16.3. The van der Waals surface area contributed by atoms with E-state index < -0.39 is 0 Å². The summed E-state index contributed by atoms with van der Waals surface area (Å²) in [5.41, 5.74) is 2.05. The molecule has 1 fully saturated rings. The Kier molecular flexibility index (Phi) is 4.90. The standard InChI is InChI=1S/C19H28N2O2/c1-13(2)14-4-5-18-17(10-14)20-19(22)11-15-6-8-21(3)12-16(15)7-9-23-18/h4-5,10,13,15-16H,6-9,11-12H2,1-3H3,(H,20,22)/t15-,16-/m0/s1. The van der Waals surface area contributed by atoms with E-state index in [-0.39, 0.29) is 5.91 Å². The first-order valence-corrected chi connectivity index (χ1v) is 8.78. The maximum absolute atomic E-state index is 12.5. The maximum atomic E-state index is 12.5. The van der Waals surface area contributed by atoms with E-state index >= 15 is 0 Å². The van der Waals surface area contributed by atoms with Crippen LogP contribution in [0.1, 0.15) is 44.6 Å². The molecule has 23 heavy (non-hydrogen) atoms. The Labute approximate surface area is 139 Å².